The number of carbonyl (C=O) groups excluding carboxylic acids is 1. The first-order valence-electron chi connectivity index (χ1n) is 6.75. The average molecular weight is 323 g/mol. The van der Waals surface area contributed by atoms with E-state index in [2.05, 4.69) is 10.3 Å². The van der Waals surface area contributed by atoms with E-state index in [1.807, 2.05) is 30.7 Å². The molecule has 2 aromatic rings. The number of hydrogen-bond donors (Lipinski definition) is 1. The SMILES string of the molecule is COc1ccc(C)nc1NC(=O)N(C)Cc1cc(Cl)cn1C. The van der Waals surface area contributed by atoms with Crippen molar-refractivity contribution in [2.45, 2.75) is 13.5 Å². The molecule has 118 valence electrons. The molecule has 0 aliphatic carbocycles. The van der Waals surface area contributed by atoms with Crippen LogP contribution >= 0.6 is 11.6 Å². The Morgan fingerprint density at radius 3 is 2.82 bits per heavy atom. The van der Waals surface area contributed by atoms with Gasteiger partial charge in [-0.3, -0.25) is 5.32 Å². The minimum atomic E-state index is -0.270. The van der Waals surface area contributed by atoms with E-state index in [1.54, 1.807) is 24.2 Å². The van der Waals surface area contributed by atoms with Crippen molar-refractivity contribution in [3.8, 4) is 5.75 Å². The highest BCUT2D eigenvalue weighted by Crippen LogP contribution is 2.22. The van der Waals surface area contributed by atoms with Gasteiger partial charge in [0.15, 0.2) is 11.6 Å². The molecule has 0 aliphatic rings. The summed E-state index contributed by atoms with van der Waals surface area (Å²) in [6, 6.07) is 5.16. The number of carbonyl (C=O) groups is 1. The third-order valence-electron chi connectivity index (χ3n) is 3.26. The van der Waals surface area contributed by atoms with Crippen molar-refractivity contribution in [3.05, 3.63) is 40.8 Å². The molecule has 2 aromatic heterocycles. The molecular weight excluding hydrogens is 304 g/mol. The summed E-state index contributed by atoms with van der Waals surface area (Å²) in [7, 11) is 5.13. The molecule has 7 heteroatoms. The molecule has 0 saturated heterocycles. The summed E-state index contributed by atoms with van der Waals surface area (Å²) in [5.74, 6) is 0.929. The van der Waals surface area contributed by atoms with Crippen LogP contribution in [0.3, 0.4) is 0 Å². The Labute approximate surface area is 134 Å². The minimum absolute atomic E-state index is 0.270. The Morgan fingerprint density at radius 2 is 2.23 bits per heavy atom. The van der Waals surface area contributed by atoms with Gasteiger partial charge in [-0.25, -0.2) is 9.78 Å². The number of methoxy groups -OCH3 is 1. The van der Waals surface area contributed by atoms with Gasteiger partial charge in [-0.05, 0) is 25.1 Å². The number of halogens is 1. The Bertz CT molecular complexity index is 684. The summed E-state index contributed by atoms with van der Waals surface area (Å²) >= 11 is 5.95. The number of urea groups is 1. The maximum atomic E-state index is 12.3. The highest BCUT2D eigenvalue weighted by atomic mass is 35.5. The van der Waals surface area contributed by atoms with Crippen molar-refractivity contribution in [1.29, 1.82) is 0 Å². The van der Waals surface area contributed by atoms with Gasteiger partial charge in [-0.1, -0.05) is 11.6 Å². The number of pyridine rings is 1. The van der Waals surface area contributed by atoms with Gasteiger partial charge in [-0.15, -0.1) is 0 Å². The van der Waals surface area contributed by atoms with Crippen LogP contribution < -0.4 is 10.1 Å². The van der Waals surface area contributed by atoms with Crippen LogP contribution in [0.2, 0.25) is 5.02 Å². The molecule has 0 bridgehead atoms. The second kappa shape index (κ2) is 6.70. The maximum Gasteiger partial charge on any atom is 0.323 e. The third-order valence-corrected chi connectivity index (χ3v) is 3.47. The van der Waals surface area contributed by atoms with Gasteiger partial charge in [0.1, 0.15) is 0 Å². The third kappa shape index (κ3) is 3.71. The van der Waals surface area contributed by atoms with E-state index in [4.69, 9.17) is 16.3 Å². The normalized spacial score (nSPS) is 10.4. The number of nitrogens with one attached hydrogen (secondary N) is 1. The molecule has 0 atom stereocenters. The van der Waals surface area contributed by atoms with Crippen LogP contribution in [0.25, 0.3) is 0 Å². The fraction of sp³-hybridized carbons (Fsp3) is 0.333. The molecule has 0 radical (unpaired) electrons. The van der Waals surface area contributed by atoms with Gasteiger partial charge in [0, 0.05) is 31.7 Å². The Hall–Kier alpha value is -2.21. The number of ether oxygens (including phenoxy) is 1. The van der Waals surface area contributed by atoms with E-state index in [0.29, 0.717) is 23.1 Å². The Morgan fingerprint density at radius 1 is 1.50 bits per heavy atom. The maximum absolute atomic E-state index is 12.3. The fourth-order valence-corrected chi connectivity index (χ4v) is 2.31. The lowest BCUT2D eigenvalue weighted by atomic mass is 10.3. The standard InChI is InChI=1S/C15H19ClN4O2/c1-10-5-6-13(22-4)14(17-10)18-15(21)20(3)9-12-7-11(16)8-19(12)2/h5-8H,9H2,1-4H3,(H,17,18,21). The number of amides is 2. The molecule has 2 rings (SSSR count). The summed E-state index contributed by atoms with van der Waals surface area (Å²) in [6.07, 6.45) is 1.80. The molecular formula is C15H19ClN4O2. The molecule has 0 spiro atoms. The van der Waals surface area contributed by atoms with Crippen LogP contribution in [-0.2, 0) is 13.6 Å². The van der Waals surface area contributed by atoms with Gasteiger partial charge in [-0.2, -0.15) is 0 Å². The lowest BCUT2D eigenvalue weighted by Gasteiger charge is -2.19. The van der Waals surface area contributed by atoms with Gasteiger partial charge in [0.2, 0.25) is 0 Å². The van der Waals surface area contributed by atoms with Crippen LogP contribution in [0.5, 0.6) is 5.75 Å². The smallest absolute Gasteiger partial charge is 0.323 e. The molecule has 0 aliphatic heterocycles. The highest BCUT2D eigenvalue weighted by Gasteiger charge is 2.15. The van der Waals surface area contributed by atoms with E-state index < -0.39 is 0 Å². The number of hydrogen-bond acceptors (Lipinski definition) is 3. The van der Waals surface area contributed by atoms with Crippen molar-refractivity contribution in [3.63, 3.8) is 0 Å². The van der Waals surface area contributed by atoms with Crippen molar-refractivity contribution < 1.29 is 9.53 Å². The van der Waals surface area contributed by atoms with Gasteiger partial charge in [0.05, 0.1) is 18.7 Å². The van der Waals surface area contributed by atoms with Crippen molar-refractivity contribution in [2.75, 3.05) is 19.5 Å². The lowest BCUT2D eigenvalue weighted by molar-refractivity contribution is 0.219. The number of rotatable bonds is 4. The van der Waals surface area contributed by atoms with Crippen LogP contribution in [-0.4, -0.2) is 34.6 Å². The number of nitrogens with zero attached hydrogens (tertiary/aromatic N) is 3. The summed E-state index contributed by atoms with van der Waals surface area (Å²) in [4.78, 5) is 18.1. The second-order valence-corrected chi connectivity index (χ2v) is 5.49. The van der Waals surface area contributed by atoms with E-state index in [-0.39, 0.29) is 6.03 Å². The van der Waals surface area contributed by atoms with E-state index in [9.17, 15) is 4.79 Å². The molecule has 22 heavy (non-hydrogen) atoms. The highest BCUT2D eigenvalue weighted by molar-refractivity contribution is 6.30. The predicted octanol–water partition coefficient (Wildman–Crippen LogP) is 3.05. The van der Waals surface area contributed by atoms with E-state index in [0.717, 1.165) is 11.4 Å². The first kappa shape index (κ1) is 16.2. The predicted molar refractivity (Wildman–Crippen MR) is 86.4 cm³/mol. The molecule has 0 unspecified atom stereocenters. The van der Waals surface area contributed by atoms with Crippen molar-refractivity contribution in [1.82, 2.24) is 14.5 Å². The van der Waals surface area contributed by atoms with E-state index >= 15 is 0 Å². The molecule has 2 heterocycles. The molecule has 0 aromatic carbocycles. The van der Waals surface area contributed by atoms with Gasteiger partial charge >= 0.3 is 6.03 Å². The minimum Gasteiger partial charge on any atom is -0.493 e. The first-order valence-corrected chi connectivity index (χ1v) is 7.13. The van der Waals surface area contributed by atoms with Crippen LogP contribution in [0.15, 0.2) is 24.4 Å². The van der Waals surface area contributed by atoms with E-state index in [1.165, 1.54) is 7.11 Å². The summed E-state index contributed by atoms with van der Waals surface area (Å²) in [5.41, 5.74) is 1.74. The molecule has 6 nitrogen and oxygen atoms in total. The number of anilines is 1. The largest absolute Gasteiger partial charge is 0.493 e. The average Bonchev–Trinajstić information content (AvgIpc) is 2.77. The molecule has 0 saturated carbocycles. The monoisotopic (exact) mass is 322 g/mol. The van der Waals surface area contributed by atoms with Crippen LogP contribution in [0, 0.1) is 6.92 Å². The van der Waals surface area contributed by atoms with Gasteiger partial charge < -0.3 is 14.2 Å². The number of aromatic nitrogens is 2. The Kier molecular flexibility index (Phi) is 4.92. The zero-order valence-corrected chi connectivity index (χ0v) is 13.8. The number of aryl methyl sites for hydroxylation is 2. The zero-order chi connectivity index (χ0) is 16.3. The summed E-state index contributed by atoms with van der Waals surface area (Å²) in [6.45, 7) is 2.29. The molecule has 0 fully saturated rings. The molecule has 1 N–H and O–H groups in total. The van der Waals surface area contributed by atoms with Crippen molar-refractivity contribution >= 4 is 23.4 Å². The van der Waals surface area contributed by atoms with Gasteiger partial charge in [0.25, 0.3) is 0 Å². The summed E-state index contributed by atoms with van der Waals surface area (Å²) < 4.78 is 7.09. The second-order valence-electron chi connectivity index (χ2n) is 5.05. The topological polar surface area (TPSA) is 59.4 Å². The lowest BCUT2D eigenvalue weighted by Crippen LogP contribution is -2.32. The van der Waals surface area contributed by atoms with Crippen LogP contribution in [0.4, 0.5) is 10.6 Å². The van der Waals surface area contributed by atoms with Crippen molar-refractivity contribution in [2.24, 2.45) is 7.05 Å². The fourth-order valence-electron chi connectivity index (χ4n) is 2.03. The Balaban J connectivity index is 2.08. The zero-order valence-electron chi connectivity index (χ0n) is 13.1. The first-order chi connectivity index (χ1) is 10.4. The molecule has 2 amide bonds. The van der Waals surface area contributed by atoms with Crippen LogP contribution in [0.1, 0.15) is 11.4 Å². The quantitative estimate of drug-likeness (QED) is 0.941. The summed E-state index contributed by atoms with van der Waals surface area (Å²) in [5, 5.41) is 3.40.